The molecule has 1 aliphatic heterocycles. The highest BCUT2D eigenvalue weighted by Crippen LogP contribution is 2.44. The number of thioether (sulfide) groups is 1. The number of aromatic nitrogens is 1. The van der Waals surface area contributed by atoms with E-state index < -0.39 is 58.1 Å². The molecule has 1 saturated heterocycles. The Morgan fingerprint density at radius 1 is 1.18 bits per heavy atom. The molecule has 2 heterocycles. The molecule has 1 aromatic heterocycles. The van der Waals surface area contributed by atoms with Crippen molar-refractivity contribution in [1.82, 2.24) is 4.98 Å². The van der Waals surface area contributed by atoms with Crippen molar-refractivity contribution in [3.05, 3.63) is 39.8 Å². The van der Waals surface area contributed by atoms with Crippen LogP contribution in [0.1, 0.15) is 18.7 Å². The van der Waals surface area contributed by atoms with E-state index in [4.69, 9.17) is 11.6 Å². The molecule has 3 rings (SSSR count). The summed E-state index contributed by atoms with van der Waals surface area (Å²) in [5.74, 6) is -3.75. The van der Waals surface area contributed by atoms with E-state index in [2.05, 4.69) is 9.82 Å². The van der Waals surface area contributed by atoms with Crippen LogP contribution < -0.4 is 4.90 Å². The predicted molar refractivity (Wildman–Crippen MR) is 109 cm³/mol. The van der Waals surface area contributed by atoms with Gasteiger partial charge in [0.25, 0.3) is 0 Å². The molecule has 184 valence electrons. The Morgan fingerprint density at radius 2 is 1.76 bits per heavy atom. The monoisotopic (exact) mass is 548 g/mol. The van der Waals surface area contributed by atoms with Gasteiger partial charge in [0.15, 0.2) is 11.0 Å². The normalized spacial score (nSPS) is 20.7. The molecule has 1 atom stereocenters. The Balaban J connectivity index is 2.08. The van der Waals surface area contributed by atoms with Crippen LogP contribution in [0.4, 0.5) is 36.8 Å². The van der Waals surface area contributed by atoms with Crippen molar-refractivity contribution in [2.75, 3.05) is 4.90 Å². The summed E-state index contributed by atoms with van der Waals surface area (Å²) in [5, 5.41) is 0. The quantitative estimate of drug-likeness (QED) is 0.207. The number of hydrogen-bond acceptors (Lipinski definition) is 7. The molecule has 1 fully saturated rings. The zero-order valence-electron chi connectivity index (χ0n) is 17.0. The third kappa shape index (κ3) is 4.87. The van der Waals surface area contributed by atoms with Gasteiger partial charge in [0.2, 0.25) is 5.54 Å². The molecule has 1 aliphatic rings. The van der Waals surface area contributed by atoms with E-state index in [9.17, 15) is 40.7 Å². The van der Waals surface area contributed by atoms with Crippen LogP contribution in [0.3, 0.4) is 0 Å². The Bertz CT molecular complexity index is 1140. The number of carbonyl (C=O) groups excluding carboxylic acids is 3. The first-order valence-corrected chi connectivity index (χ1v) is 11.0. The molecule has 0 radical (unpaired) electrons. The Kier molecular flexibility index (Phi) is 6.71. The fourth-order valence-corrected chi connectivity index (χ4v) is 4.72. The number of halogens is 7. The van der Waals surface area contributed by atoms with Gasteiger partial charge in [0.05, 0.1) is 10.6 Å². The van der Waals surface area contributed by atoms with Crippen LogP contribution in [0.25, 0.3) is 0 Å². The molecule has 7 nitrogen and oxygen atoms in total. The number of quaternary nitrogens is 1. The van der Waals surface area contributed by atoms with E-state index in [-0.39, 0.29) is 19.9 Å². The summed E-state index contributed by atoms with van der Waals surface area (Å²) < 4.78 is 75.2. The minimum Gasteiger partial charge on any atom is -0.266 e. The van der Waals surface area contributed by atoms with Gasteiger partial charge in [-0.25, -0.2) is 14.6 Å². The van der Waals surface area contributed by atoms with E-state index in [1.807, 2.05) is 0 Å². The van der Waals surface area contributed by atoms with Crippen molar-refractivity contribution in [3.63, 3.8) is 0 Å². The molecule has 0 N–H and O–H groups in total. The molecule has 1 unspecified atom stereocenters. The van der Waals surface area contributed by atoms with Crippen LogP contribution in [0.15, 0.2) is 35.4 Å². The smallest absolute Gasteiger partial charge is 0.266 e. The second-order valence-corrected chi connectivity index (χ2v) is 10.2. The lowest BCUT2D eigenvalue weighted by molar-refractivity contribution is -1.06. The first-order valence-electron chi connectivity index (χ1n) is 9.02. The fraction of sp³-hybridized carbons (Fsp3) is 0.333. The second-order valence-electron chi connectivity index (χ2n) is 7.38. The summed E-state index contributed by atoms with van der Waals surface area (Å²) in [6.45, 7) is 1.50. The van der Waals surface area contributed by atoms with Gasteiger partial charge in [-0.1, -0.05) is 11.6 Å². The van der Waals surface area contributed by atoms with E-state index >= 15 is 0 Å². The summed E-state index contributed by atoms with van der Waals surface area (Å²) >= 11 is 6.11. The van der Waals surface area contributed by atoms with E-state index in [1.165, 1.54) is 0 Å². The number of imide groups is 1. The summed E-state index contributed by atoms with van der Waals surface area (Å²) in [5.41, 5.74) is -6.87. The van der Waals surface area contributed by atoms with E-state index in [1.54, 1.807) is 0 Å². The van der Waals surface area contributed by atoms with Gasteiger partial charge in [0, 0.05) is 24.9 Å². The van der Waals surface area contributed by atoms with Crippen molar-refractivity contribution >= 4 is 58.3 Å². The molecular formula is C18H13ClF6N3O4S2+. The molecule has 34 heavy (non-hydrogen) atoms. The van der Waals surface area contributed by atoms with Gasteiger partial charge in [0.1, 0.15) is 0 Å². The Labute approximate surface area is 200 Å². The number of rotatable bonds is 5. The SMILES string of the molecule is CC1(C)C(=O)N(c2ccc(SC(F)(F)F)cc2)C(=O)[N+]1(Cc1cnc(Cl)s1)OC(=O)C(F)(F)F. The summed E-state index contributed by atoms with van der Waals surface area (Å²) in [6.07, 6.45) is -4.34. The van der Waals surface area contributed by atoms with Gasteiger partial charge in [-0.05, 0) is 40.7 Å². The number of hydrogen-bond donors (Lipinski definition) is 0. The van der Waals surface area contributed by atoms with Crippen LogP contribution in [-0.2, 0) is 21.0 Å². The lowest BCUT2D eigenvalue weighted by Gasteiger charge is -2.34. The zero-order chi connectivity index (χ0) is 25.7. The number of anilines is 1. The number of nitrogens with zero attached hydrogens (tertiary/aromatic N) is 3. The number of urea groups is 1. The van der Waals surface area contributed by atoms with Crippen molar-refractivity contribution in [2.24, 2.45) is 0 Å². The predicted octanol–water partition coefficient (Wildman–Crippen LogP) is 5.69. The highest BCUT2D eigenvalue weighted by Gasteiger charge is 2.72. The lowest BCUT2D eigenvalue weighted by Crippen LogP contribution is -2.62. The Hall–Kier alpha value is -2.36. The maximum atomic E-state index is 13.4. The summed E-state index contributed by atoms with van der Waals surface area (Å²) in [4.78, 5) is 47.2. The third-order valence-corrected chi connectivity index (χ3v) is 6.67. The average Bonchev–Trinajstić information content (AvgIpc) is 3.15. The molecule has 0 saturated carbocycles. The van der Waals surface area contributed by atoms with Crippen molar-refractivity contribution in [2.45, 2.75) is 42.5 Å². The number of alkyl halides is 6. The number of thiazole rings is 1. The van der Waals surface area contributed by atoms with Crippen LogP contribution in [-0.4, -0.2) is 44.8 Å². The minimum absolute atomic E-state index is 0.0133. The molecular weight excluding hydrogens is 536 g/mol. The van der Waals surface area contributed by atoms with E-state index in [0.717, 1.165) is 55.6 Å². The van der Waals surface area contributed by atoms with Gasteiger partial charge in [-0.2, -0.15) is 31.2 Å². The van der Waals surface area contributed by atoms with Crippen molar-refractivity contribution < 1.29 is 50.2 Å². The molecule has 0 spiro atoms. The van der Waals surface area contributed by atoms with Gasteiger partial charge in [-0.3, -0.25) is 9.63 Å². The first kappa shape index (κ1) is 26.2. The van der Waals surface area contributed by atoms with Crippen molar-refractivity contribution in [3.8, 4) is 0 Å². The van der Waals surface area contributed by atoms with Crippen molar-refractivity contribution in [1.29, 1.82) is 0 Å². The van der Waals surface area contributed by atoms with Gasteiger partial charge >= 0.3 is 29.6 Å². The third-order valence-electron chi connectivity index (χ3n) is 4.83. The molecule has 16 heteroatoms. The van der Waals surface area contributed by atoms with E-state index in [0.29, 0.717) is 4.90 Å². The standard InChI is InChI=1S/C18H13ClF6N3O4S2/c1-16(2)12(29)27(9-3-5-10(6-4-9)34-18(23,24)25)15(31)28(16,32-13(30)17(20,21)22)8-11-7-26-14(19)33-11/h3-7H,8H2,1-2H3/q+1. The second kappa shape index (κ2) is 8.70. The lowest BCUT2D eigenvalue weighted by atomic mass is 10.0. The molecule has 2 aromatic rings. The highest BCUT2D eigenvalue weighted by molar-refractivity contribution is 8.00. The average molecular weight is 549 g/mol. The van der Waals surface area contributed by atoms with Crippen LogP contribution in [0, 0.1) is 0 Å². The van der Waals surface area contributed by atoms with Gasteiger partial charge < -0.3 is 0 Å². The van der Waals surface area contributed by atoms with Crippen LogP contribution in [0.2, 0.25) is 4.47 Å². The van der Waals surface area contributed by atoms with Crippen LogP contribution in [0.5, 0.6) is 0 Å². The number of hydroxylamine groups is 3. The number of carbonyl (C=O) groups is 3. The molecule has 0 aliphatic carbocycles. The van der Waals surface area contributed by atoms with Crippen LogP contribution >= 0.6 is 34.7 Å². The fourth-order valence-electron chi connectivity index (χ4n) is 3.16. The molecule has 1 aromatic carbocycles. The maximum absolute atomic E-state index is 13.4. The summed E-state index contributed by atoms with van der Waals surface area (Å²) in [6, 6.07) is 2.66. The molecule has 0 bridgehead atoms. The summed E-state index contributed by atoms with van der Waals surface area (Å²) in [7, 11) is 0. The topological polar surface area (TPSA) is 76.6 Å². The zero-order valence-corrected chi connectivity index (χ0v) is 19.4. The molecule has 3 amide bonds. The maximum Gasteiger partial charge on any atom is 0.497 e. The first-order chi connectivity index (χ1) is 15.5. The number of benzene rings is 1. The Morgan fingerprint density at radius 3 is 2.24 bits per heavy atom. The minimum atomic E-state index is -5.49. The largest absolute Gasteiger partial charge is 0.497 e. The number of amides is 3. The van der Waals surface area contributed by atoms with Gasteiger partial charge in [-0.15, -0.1) is 11.3 Å². The highest BCUT2D eigenvalue weighted by atomic mass is 35.5.